The molecule has 65 valence electrons. The van der Waals surface area contributed by atoms with Gasteiger partial charge < -0.3 is 0 Å². The van der Waals surface area contributed by atoms with Crippen LogP contribution in [0.5, 0.6) is 0 Å². The third-order valence-electron chi connectivity index (χ3n) is 1.87. The molecule has 0 saturated carbocycles. The number of rotatable bonds is 1. The third-order valence-corrected chi connectivity index (χ3v) is 1.87. The molecule has 0 atom stereocenters. The predicted octanol–water partition coefficient (Wildman–Crippen LogP) is 1.61. The molecule has 1 aromatic rings. The molecule has 2 rings (SSSR count). The first-order valence-electron chi connectivity index (χ1n) is 4.06. The molecule has 1 aliphatic rings. The Kier molecular flexibility index (Phi) is 1.85. The molecule has 0 saturated heterocycles. The van der Waals surface area contributed by atoms with Gasteiger partial charge in [0.15, 0.2) is 0 Å². The minimum absolute atomic E-state index is 0.0242. The van der Waals surface area contributed by atoms with Crippen molar-refractivity contribution in [1.82, 2.24) is 0 Å². The van der Waals surface area contributed by atoms with E-state index in [0.29, 0.717) is 5.71 Å². The van der Waals surface area contributed by atoms with Gasteiger partial charge in [0.05, 0.1) is 5.69 Å². The maximum atomic E-state index is 11.1. The van der Waals surface area contributed by atoms with Crippen LogP contribution in [-0.2, 0) is 4.79 Å². The highest BCUT2D eigenvalue weighted by Gasteiger charge is 2.21. The minimum atomic E-state index is -0.0242. The summed E-state index contributed by atoms with van der Waals surface area (Å²) in [7, 11) is 0. The van der Waals surface area contributed by atoms with Gasteiger partial charge in [0.25, 0.3) is 0 Å². The molecule has 0 fully saturated rings. The molecular weight excluding hydrogens is 164 g/mol. The highest BCUT2D eigenvalue weighted by molar-refractivity contribution is 6.44. The Morgan fingerprint density at radius 2 is 1.92 bits per heavy atom. The minimum Gasteiger partial charge on any atom is -0.290 e. The first kappa shape index (κ1) is 7.98. The van der Waals surface area contributed by atoms with Crippen molar-refractivity contribution in [3.05, 3.63) is 36.9 Å². The fraction of sp³-hybridized carbons (Fsp3) is 0.100. The first-order chi connectivity index (χ1) is 6.27. The van der Waals surface area contributed by atoms with E-state index in [9.17, 15) is 4.79 Å². The monoisotopic (exact) mass is 173 g/mol. The van der Waals surface area contributed by atoms with Gasteiger partial charge in [0, 0.05) is 0 Å². The number of anilines is 1. The number of hydrogen-bond acceptors (Lipinski definition) is 3. The Morgan fingerprint density at radius 3 is 2.46 bits per heavy atom. The Labute approximate surface area is 76.7 Å². The van der Waals surface area contributed by atoms with Gasteiger partial charge in [0.1, 0.15) is 12.3 Å². The van der Waals surface area contributed by atoms with Crippen molar-refractivity contribution in [2.45, 2.75) is 6.92 Å². The Morgan fingerprint density at radius 1 is 1.23 bits per heavy atom. The second kappa shape index (κ2) is 3.01. The molecule has 0 spiro atoms. The summed E-state index contributed by atoms with van der Waals surface area (Å²) in [4.78, 5) is 11.1. The number of hydrazone groups is 1. The molecule has 1 radical (unpaired) electrons. The number of nitrogens with zero attached hydrogens (tertiary/aromatic N) is 2. The van der Waals surface area contributed by atoms with Crippen molar-refractivity contribution in [2.75, 3.05) is 5.01 Å². The van der Waals surface area contributed by atoms with E-state index in [1.54, 1.807) is 11.9 Å². The van der Waals surface area contributed by atoms with Gasteiger partial charge in [-0.1, -0.05) is 18.2 Å². The van der Waals surface area contributed by atoms with Crippen molar-refractivity contribution in [1.29, 1.82) is 0 Å². The fourth-order valence-electron chi connectivity index (χ4n) is 1.16. The number of carbonyl (C=O) groups is 1. The zero-order chi connectivity index (χ0) is 9.26. The van der Waals surface area contributed by atoms with Gasteiger partial charge in [-0.3, -0.25) is 9.80 Å². The summed E-state index contributed by atoms with van der Waals surface area (Å²) in [6.45, 7) is 3.20. The van der Waals surface area contributed by atoms with Crippen LogP contribution < -0.4 is 5.01 Å². The van der Waals surface area contributed by atoms with Gasteiger partial charge in [-0.2, -0.15) is 5.10 Å². The quantitative estimate of drug-likeness (QED) is 0.646. The lowest BCUT2D eigenvalue weighted by Gasteiger charge is -2.10. The number of Topliss-reactive ketones (excluding diaryl/α,β-unsaturated/α-hetero) is 1. The number of carbonyl (C=O) groups excluding carboxylic acids is 1. The van der Waals surface area contributed by atoms with Crippen LogP contribution in [0.25, 0.3) is 0 Å². The molecule has 0 aliphatic carbocycles. The Bertz CT molecular complexity index is 356. The summed E-state index contributed by atoms with van der Waals surface area (Å²) in [6.07, 6.45) is 0. The average Bonchev–Trinajstić information content (AvgIpc) is 2.49. The largest absolute Gasteiger partial charge is 0.290 e. The summed E-state index contributed by atoms with van der Waals surface area (Å²) < 4.78 is 0. The van der Waals surface area contributed by atoms with Crippen molar-refractivity contribution in [3.63, 3.8) is 0 Å². The van der Waals surface area contributed by atoms with E-state index in [1.165, 1.54) is 6.54 Å². The van der Waals surface area contributed by atoms with Crippen LogP contribution in [0, 0.1) is 6.54 Å². The zero-order valence-corrected chi connectivity index (χ0v) is 7.27. The van der Waals surface area contributed by atoms with E-state index in [4.69, 9.17) is 0 Å². The summed E-state index contributed by atoms with van der Waals surface area (Å²) >= 11 is 0. The molecule has 1 heterocycles. The summed E-state index contributed by atoms with van der Waals surface area (Å²) in [6, 6.07) is 9.57. The van der Waals surface area contributed by atoms with Crippen LogP contribution in [0.2, 0.25) is 0 Å². The fourth-order valence-corrected chi connectivity index (χ4v) is 1.16. The van der Waals surface area contributed by atoms with Crippen molar-refractivity contribution < 1.29 is 4.79 Å². The lowest BCUT2D eigenvalue weighted by Crippen LogP contribution is -2.10. The second-order valence-electron chi connectivity index (χ2n) is 2.86. The molecule has 0 aromatic heterocycles. The normalized spacial score (nSPS) is 16.2. The summed E-state index contributed by atoms with van der Waals surface area (Å²) in [5.41, 5.74) is 1.44. The molecule has 0 N–H and O–H groups in total. The van der Waals surface area contributed by atoms with Crippen molar-refractivity contribution in [3.8, 4) is 0 Å². The van der Waals surface area contributed by atoms with Crippen LogP contribution >= 0.6 is 0 Å². The van der Waals surface area contributed by atoms with E-state index in [2.05, 4.69) is 5.10 Å². The van der Waals surface area contributed by atoms with Gasteiger partial charge >= 0.3 is 0 Å². The SMILES string of the molecule is CC1=NN(c2ccccc2)[CH]C1=O. The standard InChI is InChI=1S/C10H9N2O/c1-8-10(13)7-12(11-8)9-5-3-2-4-6-9/h2-7H,1H3. The molecule has 1 aliphatic heterocycles. The highest BCUT2D eigenvalue weighted by atomic mass is 16.1. The van der Waals surface area contributed by atoms with Gasteiger partial charge in [0.2, 0.25) is 5.78 Å². The molecular formula is C10H9N2O. The molecule has 1 aromatic carbocycles. The number of hydrogen-bond donors (Lipinski definition) is 0. The smallest absolute Gasteiger partial charge is 0.205 e. The van der Waals surface area contributed by atoms with Gasteiger partial charge in [-0.15, -0.1) is 0 Å². The molecule has 0 amide bonds. The van der Waals surface area contributed by atoms with Crippen molar-refractivity contribution >= 4 is 17.2 Å². The summed E-state index contributed by atoms with van der Waals surface area (Å²) in [5.74, 6) is -0.0242. The van der Waals surface area contributed by atoms with E-state index < -0.39 is 0 Å². The molecule has 3 heteroatoms. The lowest BCUT2D eigenvalue weighted by molar-refractivity contribution is -0.109. The first-order valence-corrected chi connectivity index (χ1v) is 4.06. The van der Waals surface area contributed by atoms with Gasteiger partial charge in [-0.25, -0.2) is 0 Å². The van der Waals surface area contributed by atoms with E-state index in [-0.39, 0.29) is 5.78 Å². The third kappa shape index (κ3) is 1.45. The predicted molar refractivity (Wildman–Crippen MR) is 51.3 cm³/mol. The average molecular weight is 173 g/mol. The number of ketones is 1. The topological polar surface area (TPSA) is 32.7 Å². The highest BCUT2D eigenvalue weighted by Crippen LogP contribution is 2.19. The van der Waals surface area contributed by atoms with E-state index in [0.717, 1.165) is 5.69 Å². The van der Waals surface area contributed by atoms with Crippen molar-refractivity contribution in [2.24, 2.45) is 5.10 Å². The molecule has 0 unspecified atom stereocenters. The molecule has 0 bridgehead atoms. The van der Waals surface area contributed by atoms with Crippen LogP contribution in [0.1, 0.15) is 6.92 Å². The Balaban J connectivity index is 2.27. The van der Waals surface area contributed by atoms with Crippen LogP contribution in [0.3, 0.4) is 0 Å². The van der Waals surface area contributed by atoms with E-state index in [1.807, 2.05) is 30.3 Å². The maximum Gasteiger partial charge on any atom is 0.205 e. The molecule has 13 heavy (non-hydrogen) atoms. The van der Waals surface area contributed by atoms with Crippen LogP contribution in [-0.4, -0.2) is 11.5 Å². The molecule has 3 nitrogen and oxygen atoms in total. The van der Waals surface area contributed by atoms with Crippen LogP contribution in [0.15, 0.2) is 35.4 Å². The zero-order valence-electron chi connectivity index (χ0n) is 7.27. The summed E-state index contributed by atoms with van der Waals surface area (Å²) in [5, 5.41) is 5.68. The number of para-hydroxylation sites is 1. The van der Waals surface area contributed by atoms with Crippen LogP contribution in [0.4, 0.5) is 5.69 Å². The maximum absolute atomic E-state index is 11.1. The van der Waals surface area contributed by atoms with Gasteiger partial charge in [-0.05, 0) is 19.1 Å². The second-order valence-corrected chi connectivity index (χ2v) is 2.86. The Hall–Kier alpha value is -1.64. The number of benzene rings is 1. The van der Waals surface area contributed by atoms with E-state index >= 15 is 0 Å². The lowest BCUT2D eigenvalue weighted by atomic mass is 10.3.